The molecule has 2 N–H and O–H groups in total. The Morgan fingerprint density at radius 3 is 1.96 bits per heavy atom. The van der Waals surface area contributed by atoms with Crippen LogP contribution in [0.15, 0.2) is 22.8 Å². The molecule has 1 atom stereocenters. The Bertz CT molecular complexity index is 400. The molecule has 138 valence electrons. The minimum absolute atomic E-state index is 0.0840. The van der Waals surface area contributed by atoms with Gasteiger partial charge in [-0.05, 0) is 18.6 Å². The lowest BCUT2D eigenvalue weighted by Crippen LogP contribution is -2.25. The third-order valence-electron chi connectivity index (χ3n) is 4.84. The van der Waals surface area contributed by atoms with Crippen molar-refractivity contribution in [3.05, 3.63) is 24.2 Å². The van der Waals surface area contributed by atoms with Crippen molar-refractivity contribution in [1.82, 2.24) is 0 Å². The summed E-state index contributed by atoms with van der Waals surface area (Å²) in [7, 11) is 0. The molecule has 1 amide bonds. The van der Waals surface area contributed by atoms with Crippen LogP contribution >= 0.6 is 0 Å². The molecule has 1 rings (SSSR count). The Morgan fingerprint density at radius 1 is 0.958 bits per heavy atom. The first kappa shape index (κ1) is 20.8. The van der Waals surface area contributed by atoms with Gasteiger partial charge >= 0.3 is 0 Å². The van der Waals surface area contributed by atoms with Crippen molar-refractivity contribution in [3.8, 4) is 0 Å². The molecular weight excluding hydrogens is 298 g/mol. The van der Waals surface area contributed by atoms with Crippen LogP contribution in [0.1, 0.15) is 96.2 Å². The van der Waals surface area contributed by atoms with Crippen LogP contribution in [0.25, 0.3) is 0 Å². The zero-order valence-electron chi connectivity index (χ0n) is 15.6. The number of primary amides is 1. The molecule has 3 heteroatoms. The maximum absolute atomic E-state index is 11.5. The van der Waals surface area contributed by atoms with E-state index in [0.717, 1.165) is 18.6 Å². The van der Waals surface area contributed by atoms with Crippen molar-refractivity contribution in [2.75, 3.05) is 0 Å². The lowest BCUT2D eigenvalue weighted by atomic mass is 9.95. The molecule has 0 aliphatic carbocycles. The molecule has 0 aliphatic rings. The predicted octanol–water partition coefficient (Wildman–Crippen LogP) is 6.01. The molecule has 0 aliphatic heterocycles. The average Bonchev–Trinajstić information content (AvgIpc) is 3.07. The summed E-state index contributed by atoms with van der Waals surface area (Å²) in [5.74, 6) is 0.575. The largest absolute Gasteiger partial charge is 0.469 e. The number of unbranched alkanes of at least 4 members (excludes halogenated alkanes) is 11. The molecule has 0 aromatic carbocycles. The summed E-state index contributed by atoms with van der Waals surface area (Å²) >= 11 is 0. The van der Waals surface area contributed by atoms with Gasteiger partial charge in [-0.3, -0.25) is 4.79 Å². The van der Waals surface area contributed by atoms with E-state index in [-0.39, 0.29) is 11.8 Å². The molecule has 24 heavy (non-hydrogen) atoms. The van der Waals surface area contributed by atoms with Crippen LogP contribution in [-0.4, -0.2) is 5.91 Å². The normalized spacial score (nSPS) is 12.4. The van der Waals surface area contributed by atoms with E-state index in [1.165, 1.54) is 70.6 Å². The van der Waals surface area contributed by atoms with Crippen LogP contribution < -0.4 is 5.73 Å². The predicted molar refractivity (Wildman–Crippen MR) is 101 cm³/mol. The zero-order chi connectivity index (χ0) is 17.5. The summed E-state index contributed by atoms with van der Waals surface area (Å²) in [4.78, 5) is 11.5. The van der Waals surface area contributed by atoms with Gasteiger partial charge in [0.05, 0.1) is 6.26 Å². The van der Waals surface area contributed by atoms with E-state index < -0.39 is 0 Å². The molecule has 0 saturated heterocycles. The fourth-order valence-electron chi connectivity index (χ4n) is 3.25. The Labute approximate surface area is 148 Å². The number of nitrogens with two attached hydrogens (primary N) is 1. The highest BCUT2D eigenvalue weighted by molar-refractivity contribution is 5.76. The van der Waals surface area contributed by atoms with Gasteiger partial charge in [-0.2, -0.15) is 0 Å². The van der Waals surface area contributed by atoms with Crippen LogP contribution in [-0.2, 0) is 11.2 Å². The summed E-state index contributed by atoms with van der Waals surface area (Å²) in [5, 5.41) is 0. The van der Waals surface area contributed by atoms with Gasteiger partial charge < -0.3 is 10.2 Å². The van der Waals surface area contributed by atoms with Crippen LogP contribution in [0.5, 0.6) is 0 Å². The number of hydrogen-bond donors (Lipinski definition) is 1. The molecule has 0 saturated carbocycles. The van der Waals surface area contributed by atoms with Gasteiger partial charge in [-0.15, -0.1) is 0 Å². The topological polar surface area (TPSA) is 56.2 Å². The van der Waals surface area contributed by atoms with Gasteiger partial charge in [-0.1, -0.05) is 84.0 Å². The van der Waals surface area contributed by atoms with Crippen molar-refractivity contribution < 1.29 is 9.21 Å². The highest BCUT2D eigenvalue weighted by Crippen LogP contribution is 2.18. The number of amides is 1. The van der Waals surface area contributed by atoms with E-state index in [1.807, 2.05) is 12.1 Å². The van der Waals surface area contributed by atoms with Crippen LogP contribution in [0.2, 0.25) is 0 Å². The van der Waals surface area contributed by atoms with Crippen LogP contribution in [0, 0.1) is 5.92 Å². The smallest absolute Gasteiger partial charge is 0.220 e. The summed E-state index contributed by atoms with van der Waals surface area (Å²) in [6.07, 6.45) is 19.2. The van der Waals surface area contributed by atoms with Gasteiger partial charge in [0.25, 0.3) is 0 Å². The van der Waals surface area contributed by atoms with Crippen molar-refractivity contribution in [2.24, 2.45) is 11.7 Å². The van der Waals surface area contributed by atoms with E-state index in [9.17, 15) is 4.79 Å². The van der Waals surface area contributed by atoms with E-state index in [2.05, 4.69) is 6.92 Å². The molecule has 1 unspecified atom stereocenters. The van der Waals surface area contributed by atoms with Crippen molar-refractivity contribution in [3.63, 3.8) is 0 Å². The SMILES string of the molecule is CCCCCCCCCCCCCCC(Cc1ccco1)C(N)=O. The molecule has 0 spiro atoms. The molecule has 1 aromatic rings. The summed E-state index contributed by atoms with van der Waals surface area (Å²) in [5.41, 5.74) is 5.51. The third kappa shape index (κ3) is 10.5. The Hall–Kier alpha value is -1.25. The van der Waals surface area contributed by atoms with Crippen molar-refractivity contribution >= 4 is 5.91 Å². The van der Waals surface area contributed by atoms with E-state index in [0.29, 0.717) is 6.42 Å². The lowest BCUT2D eigenvalue weighted by Gasteiger charge is -2.11. The number of carbonyl (C=O) groups is 1. The maximum atomic E-state index is 11.5. The molecule has 1 heterocycles. The molecular formula is C21H37NO2. The van der Waals surface area contributed by atoms with Crippen LogP contribution in [0.3, 0.4) is 0 Å². The quantitative estimate of drug-likeness (QED) is 0.376. The van der Waals surface area contributed by atoms with E-state index in [1.54, 1.807) is 6.26 Å². The number of carbonyl (C=O) groups excluding carboxylic acids is 1. The average molecular weight is 336 g/mol. The molecule has 3 nitrogen and oxygen atoms in total. The highest BCUT2D eigenvalue weighted by atomic mass is 16.3. The highest BCUT2D eigenvalue weighted by Gasteiger charge is 2.16. The summed E-state index contributed by atoms with van der Waals surface area (Å²) in [6, 6.07) is 3.77. The number of furan rings is 1. The first-order chi connectivity index (χ1) is 11.7. The minimum atomic E-state index is -0.200. The first-order valence-electron chi connectivity index (χ1n) is 10.1. The van der Waals surface area contributed by atoms with Gasteiger partial charge in [0.2, 0.25) is 5.91 Å². The monoisotopic (exact) mass is 335 g/mol. The Morgan fingerprint density at radius 2 is 1.50 bits per heavy atom. The second-order valence-electron chi connectivity index (χ2n) is 7.06. The molecule has 0 radical (unpaired) electrons. The standard InChI is InChI=1S/C21H37NO2/c1-2-3-4-5-6-7-8-9-10-11-12-13-15-19(21(22)23)18-20-16-14-17-24-20/h14,16-17,19H,2-13,15,18H2,1H3,(H2,22,23). The van der Waals surface area contributed by atoms with Crippen molar-refractivity contribution in [1.29, 1.82) is 0 Å². The van der Waals surface area contributed by atoms with Gasteiger partial charge in [0.1, 0.15) is 5.76 Å². The lowest BCUT2D eigenvalue weighted by molar-refractivity contribution is -0.122. The van der Waals surface area contributed by atoms with Gasteiger partial charge in [-0.25, -0.2) is 0 Å². The van der Waals surface area contributed by atoms with E-state index in [4.69, 9.17) is 10.2 Å². The Kier molecular flexibility index (Phi) is 12.2. The summed E-state index contributed by atoms with van der Waals surface area (Å²) < 4.78 is 5.32. The first-order valence-corrected chi connectivity index (χ1v) is 10.1. The second-order valence-corrected chi connectivity index (χ2v) is 7.06. The fourth-order valence-corrected chi connectivity index (χ4v) is 3.25. The zero-order valence-corrected chi connectivity index (χ0v) is 15.6. The van der Waals surface area contributed by atoms with Gasteiger partial charge in [0.15, 0.2) is 0 Å². The molecule has 1 aromatic heterocycles. The summed E-state index contributed by atoms with van der Waals surface area (Å²) in [6.45, 7) is 2.27. The van der Waals surface area contributed by atoms with Gasteiger partial charge in [0, 0.05) is 12.3 Å². The molecule has 0 bridgehead atoms. The second kappa shape index (κ2) is 14.1. The maximum Gasteiger partial charge on any atom is 0.220 e. The molecule has 0 fully saturated rings. The van der Waals surface area contributed by atoms with Crippen molar-refractivity contribution in [2.45, 2.75) is 96.8 Å². The number of hydrogen-bond acceptors (Lipinski definition) is 2. The number of rotatable bonds is 16. The van der Waals surface area contributed by atoms with E-state index >= 15 is 0 Å². The fraction of sp³-hybridized carbons (Fsp3) is 0.762. The Balaban J connectivity index is 1.93. The van der Waals surface area contributed by atoms with Crippen LogP contribution in [0.4, 0.5) is 0 Å². The third-order valence-corrected chi connectivity index (χ3v) is 4.84. The minimum Gasteiger partial charge on any atom is -0.469 e.